The van der Waals surface area contributed by atoms with Crippen LogP contribution in [0.25, 0.3) is 0 Å². The minimum Gasteiger partial charge on any atom is -0.396 e. The standard InChI is InChI=1S/C16H21N3O5/c20-9-16(10-24-11-16)8-17-12-3-4-14(19(22)23)13(7-12)15(21)18-5-1-2-6-18/h3-4,7,17,20H,1-2,5-6,8-11H2. The number of carbonyl (C=O) groups excluding carboxylic acids is 1. The third-order valence-corrected chi connectivity index (χ3v) is 4.64. The van der Waals surface area contributed by atoms with Crippen LogP contribution in [0.3, 0.4) is 0 Å². The smallest absolute Gasteiger partial charge is 0.282 e. The molecule has 0 aromatic heterocycles. The first-order valence-electron chi connectivity index (χ1n) is 8.05. The number of benzene rings is 1. The number of ether oxygens (including phenoxy) is 1. The maximum absolute atomic E-state index is 12.6. The topological polar surface area (TPSA) is 105 Å². The molecule has 0 atom stereocenters. The van der Waals surface area contributed by atoms with E-state index in [1.807, 2.05) is 0 Å². The molecule has 0 unspecified atom stereocenters. The molecular weight excluding hydrogens is 314 g/mol. The lowest BCUT2D eigenvalue weighted by Crippen LogP contribution is -2.50. The second-order valence-electron chi connectivity index (χ2n) is 6.49. The van der Waals surface area contributed by atoms with E-state index in [0.29, 0.717) is 38.5 Å². The van der Waals surface area contributed by atoms with Gasteiger partial charge in [0, 0.05) is 31.4 Å². The number of anilines is 1. The van der Waals surface area contributed by atoms with Gasteiger partial charge in [-0.3, -0.25) is 14.9 Å². The van der Waals surface area contributed by atoms with Crippen LogP contribution in [-0.4, -0.2) is 60.3 Å². The number of rotatable bonds is 6. The fraction of sp³-hybridized carbons (Fsp3) is 0.562. The van der Waals surface area contributed by atoms with Crippen molar-refractivity contribution in [1.29, 1.82) is 0 Å². The van der Waals surface area contributed by atoms with E-state index in [1.54, 1.807) is 11.0 Å². The van der Waals surface area contributed by atoms with Gasteiger partial charge in [0.25, 0.3) is 11.6 Å². The Morgan fingerprint density at radius 3 is 2.62 bits per heavy atom. The Labute approximate surface area is 139 Å². The van der Waals surface area contributed by atoms with Crippen molar-refractivity contribution in [2.75, 3.05) is 44.8 Å². The summed E-state index contributed by atoms with van der Waals surface area (Å²) in [5.41, 5.74) is 0.236. The van der Waals surface area contributed by atoms with Crippen LogP contribution in [0.2, 0.25) is 0 Å². The Bertz CT molecular complexity index is 633. The number of hydrogen-bond acceptors (Lipinski definition) is 6. The number of nitrogens with one attached hydrogen (secondary N) is 1. The molecule has 1 aromatic rings. The average molecular weight is 335 g/mol. The van der Waals surface area contributed by atoms with E-state index < -0.39 is 4.92 Å². The van der Waals surface area contributed by atoms with Crippen LogP contribution in [0.4, 0.5) is 11.4 Å². The molecule has 24 heavy (non-hydrogen) atoms. The van der Waals surface area contributed by atoms with Crippen LogP contribution in [0, 0.1) is 15.5 Å². The number of nitro benzene ring substituents is 1. The molecule has 2 fully saturated rings. The van der Waals surface area contributed by atoms with Crippen LogP contribution in [0.15, 0.2) is 18.2 Å². The second kappa shape index (κ2) is 6.74. The fourth-order valence-electron chi connectivity index (χ4n) is 3.00. The predicted molar refractivity (Wildman–Crippen MR) is 87.1 cm³/mol. The molecule has 0 spiro atoms. The molecule has 2 heterocycles. The van der Waals surface area contributed by atoms with Gasteiger partial charge in [-0.05, 0) is 25.0 Å². The molecule has 0 radical (unpaired) electrons. The van der Waals surface area contributed by atoms with E-state index in [9.17, 15) is 20.0 Å². The number of aliphatic hydroxyl groups excluding tert-OH is 1. The first-order valence-corrected chi connectivity index (χ1v) is 8.05. The minimum atomic E-state index is -0.526. The van der Waals surface area contributed by atoms with Crippen molar-refractivity contribution in [3.63, 3.8) is 0 Å². The van der Waals surface area contributed by atoms with Gasteiger partial charge in [0.15, 0.2) is 0 Å². The number of carbonyl (C=O) groups is 1. The minimum absolute atomic E-state index is 0.00649. The zero-order valence-electron chi connectivity index (χ0n) is 13.4. The molecule has 0 aliphatic carbocycles. The van der Waals surface area contributed by atoms with Gasteiger partial charge < -0.3 is 20.1 Å². The summed E-state index contributed by atoms with van der Waals surface area (Å²) in [6, 6.07) is 4.47. The Morgan fingerprint density at radius 2 is 2.08 bits per heavy atom. The van der Waals surface area contributed by atoms with Crippen molar-refractivity contribution in [3.05, 3.63) is 33.9 Å². The van der Waals surface area contributed by atoms with E-state index in [2.05, 4.69) is 5.32 Å². The third kappa shape index (κ3) is 3.20. The molecule has 2 aliphatic rings. The van der Waals surface area contributed by atoms with Gasteiger partial charge in [0.05, 0.1) is 30.2 Å². The Morgan fingerprint density at radius 1 is 1.38 bits per heavy atom. The summed E-state index contributed by atoms with van der Waals surface area (Å²) < 4.78 is 5.15. The summed E-state index contributed by atoms with van der Waals surface area (Å²) in [6.45, 7) is 2.72. The van der Waals surface area contributed by atoms with Crippen molar-refractivity contribution in [2.24, 2.45) is 5.41 Å². The summed E-state index contributed by atoms with van der Waals surface area (Å²) in [7, 11) is 0. The van der Waals surface area contributed by atoms with E-state index in [4.69, 9.17) is 4.74 Å². The van der Waals surface area contributed by atoms with Crippen LogP contribution in [0.5, 0.6) is 0 Å². The number of nitro groups is 1. The molecule has 0 saturated carbocycles. The molecule has 1 aromatic carbocycles. The summed E-state index contributed by atoms with van der Waals surface area (Å²) in [5, 5.41) is 23.8. The average Bonchev–Trinajstić information content (AvgIpc) is 3.07. The predicted octanol–water partition coefficient (Wildman–Crippen LogP) is 1.25. The molecule has 130 valence electrons. The first kappa shape index (κ1) is 16.7. The van der Waals surface area contributed by atoms with Crippen molar-refractivity contribution >= 4 is 17.3 Å². The molecule has 3 rings (SSSR count). The number of nitrogens with zero attached hydrogens (tertiary/aromatic N) is 2. The van der Waals surface area contributed by atoms with Crippen molar-refractivity contribution in [3.8, 4) is 0 Å². The number of aliphatic hydroxyl groups is 1. The molecule has 1 amide bonds. The molecule has 0 bridgehead atoms. The van der Waals surface area contributed by atoms with Gasteiger partial charge in [0.1, 0.15) is 5.56 Å². The maximum Gasteiger partial charge on any atom is 0.282 e. The van der Waals surface area contributed by atoms with Crippen LogP contribution in [-0.2, 0) is 4.74 Å². The van der Waals surface area contributed by atoms with Crippen LogP contribution < -0.4 is 5.32 Å². The van der Waals surface area contributed by atoms with Crippen molar-refractivity contribution in [1.82, 2.24) is 4.90 Å². The summed E-state index contributed by atoms with van der Waals surface area (Å²) in [5.74, 6) is -0.299. The molecule has 2 N–H and O–H groups in total. The lowest BCUT2D eigenvalue weighted by Gasteiger charge is -2.40. The van der Waals surface area contributed by atoms with E-state index >= 15 is 0 Å². The fourth-order valence-corrected chi connectivity index (χ4v) is 3.00. The zero-order valence-corrected chi connectivity index (χ0v) is 13.4. The normalized spacial score (nSPS) is 19.0. The zero-order chi connectivity index (χ0) is 17.2. The number of amides is 1. The van der Waals surface area contributed by atoms with Gasteiger partial charge in [-0.25, -0.2) is 0 Å². The van der Waals surface area contributed by atoms with Gasteiger partial charge >= 0.3 is 0 Å². The summed E-state index contributed by atoms with van der Waals surface area (Å²) in [6.07, 6.45) is 1.85. The highest BCUT2D eigenvalue weighted by Crippen LogP contribution is 2.29. The van der Waals surface area contributed by atoms with E-state index in [1.165, 1.54) is 12.1 Å². The Hall–Kier alpha value is -2.19. The monoisotopic (exact) mass is 335 g/mol. The SMILES string of the molecule is O=C(c1cc(NCC2(CO)COC2)ccc1[N+](=O)[O-])N1CCCC1. The van der Waals surface area contributed by atoms with Crippen molar-refractivity contribution < 1.29 is 19.6 Å². The van der Waals surface area contributed by atoms with E-state index in [0.717, 1.165) is 12.8 Å². The van der Waals surface area contributed by atoms with Crippen LogP contribution >= 0.6 is 0 Å². The van der Waals surface area contributed by atoms with Crippen molar-refractivity contribution in [2.45, 2.75) is 12.8 Å². The first-order chi connectivity index (χ1) is 11.5. The Balaban J connectivity index is 1.79. The second-order valence-corrected chi connectivity index (χ2v) is 6.49. The van der Waals surface area contributed by atoms with E-state index in [-0.39, 0.29) is 29.2 Å². The Kier molecular flexibility index (Phi) is 4.68. The highest BCUT2D eigenvalue weighted by atomic mass is 16.6. The lowest BCUT2D eigenvalue weighted by atomic mass is 9.87. The lowest BCUT2D eigenvalue weighted by molar-refractivity contribution is -0.385. The summed E-state index contributed by atoms with van der Waals surface area (Å²) >= 11 is 0. The molecule has 2 aliphatic heterocycles. The third-order valence-electron chi connectivity index (χ3n) is 4.64. The van der Waals surface area contributed by atoms with Gasteiger partial charge in [-0.1, -0.05) is 0 Å². The highest BCUT2D eigenvalue weighted by Gasteiger charge is 2.38. The molecule has 2 saturated heterocycles. The van der Waals surface area contributed by atoms with Crippen LogP contribution in [0.1, 0.15) is 23.2 Å². The maximum atomic E-state index is 12.6. The highest BCUT2D eigenvalue weighted by molar-refractivity contribution is 5.99. The van der Waals surface area contributed by atoms with Gasteiger partial charge in [-0.2, -0.15) is 0 Å². The molecule has 8 nitrogen and oxygen atoms in total. The largest absolute Gasteiger partial charge is 0.396 e. The summed E-state index contributed by atoms with van der Waals surface area (Å²) in [4.78, 5) is 24.9. The quantitative estimate of drug-likeness (QED) is 0.599. The number of likely N-dealkylation sites (tertiary alicyclic amines) is 1. The van der Waals surface area contributed by atoms with Gasteiger partial charge in [0.2, 0.25) is 0 Å². The van der Waals surface area contributed by atoms with Gasteiger partial charge in [-0.15, -0.1) is 0 Å². The molecular formula is C16H21N3O5. The molecule has 8 heteroatoms. The number of hydrogen-bond donors (Lipinski definition) is 2.